The summed E-state index contributed by atoms with van der Waals surface area (Å²) in [5.74, 6) is -2.34. The molecule has 1 aromatic carbocycles. The number of aliphatic hydroxyl groups excluding tert-OH is 1. The number of aliphatic hydroxyl groups is 1. The Balaban J connectivity index is 1.22. The van der Waals surface area contributed by atoms with E-state index in [0.717, 1.165) is 29.8 Å². The number of aromatic nitrogens is 2. The average Bonchev–Trinajstić information content (AvgIpc) is 3.66. The molecule has 214 valence electrons. The summed E-state index contributed by atoms with van der Waals surface area (Å²) < 4.78 is 26.4. The molecule has 0 saturated heterocycles. The topological polar surface area (TPSA) is 115 Å². The third kappa shape index (κ3) is 3.57. The molecule has 3 saturated carbocycles. The molecule has 7 rings (SSSR count). The second-order valence-corrected chi connectivity index (χ2v) is 12.8. The Morgan fingerprint density at radius 1 is 1.17 bits per heavy atom. The second-order valence-electron chi connectivity index (χ2n) is 12.8. The van der Waals surface area contributed by atoms with Gasteiger partial charge in [-0.2, -0.15) is 5.10 Å². The summed E-state index contributed by atoms with van der Waals surface area (Å²) in [5.41, 5.74) is 1.08. The van der Waals surface area contributed by atoms with Gasteiger partial charge in [-0.05, 0) is 110 Å². The van der Waals surface area contributed by atoms with Crippen molar-refractivity contribution in [3.8, 4) is 5.69 Å². The van der Waals surface area contributed by atoms with Gasteiger partial charge in [0.25, 0.3) is 0 Å². The van der Waals surface area contributed by atoms with Gasteiger partial charge in [-0.3, -0.25) is 0 Å². The summed E-state index contributed by atoms with van der Waals surface area (Å²) in [6.07, 6.45) is 7.98. The summed E-state index contributed by atoms with van der Waals surface area (Å²) in [6, 6.07) is 9.30. The van der Waals surface area contributed by atoms with Gasteiger partial charge in [-0.15, -0.1) is 0 Å². The fourth-order valence-corrected chi connectivity index (χ4v) is 9.13. The fourth-order valence-electron chi connectivity index (χ4n) is 9.13. The van der Waals surface area contributed by atoms with Crippen molar-refractivity contribution in [2.24, 2.45) is 28.6 Å². The highest BCUT2D eigenvalue weighted by molar-refractivity contribution is 5.90. The molecule has 9 heteroatoms. The van der Waals surface area contributed by atoms with Crippen LogP contribution in [-0.4, -0.2) is 43.6 Å². The molecular weight excluding hydrogens is 527 g/mol. The lowest BCUT2D eigenvalue weighted by Crippen LogP contribution is -2.63. The molecule has 0 amide bonds. The van der Waals surface area contributed by atoms with Gasteiger partial charge in [0, 0.05) is 5.41 Å². The van der Waals surface area contributed by atoms with Crippen molar-refractivity contribution in [1.82, 2.24) is 9.78 Å². The van der Waals surface area contributed by atoms with Crippen LogP contribution in [0, 0.1) is 34.4 Å². The second kappa shape index (κ2) is 8.89. The summed E-state index contributed by atoms with van der Waals surface area (Å²) in [7, 11) is 0. The summed E-state index contributed by atoms with van der Waals surface area (Å²) in [4.78, 5) is 25.8. The molecule has 7 atom stereocenters. The number of halogens is 1. The number of allylic oxidation sites excluding steroid dienone is 1. The molecule has 3 fully saturated rings. The minimum atomic E-state index is -1.75. The molecule has 4 aliphatic carbocycles. The Bertz CT molecular complexity index is 1560. The van der Waals surface area contributed by atoms with Crippen LogP contribution < -0.4 is 0 Å². The van der Waals surface area contributed by atoms with Crippen molar-refractivity contribution in [1.29, 1.82) is 0 Å². The highest BCUT2D eigenvalue weighted by atomic mass is 19.1. The number of ether oxygens (including phenoxy) is 1. The lowest BCUT2D eigenvalue weighted by atomic mass is 9.45. The molecule has 41 heavy (non-hydrogen) atoms. The monoisotopic (exact) mass is 560 g/mol. The zero-order valence-electron chi connectivity index (χ0n) is 23.0. The predicted octanol–water partition coefficient (Wildman–Crippen LogP) is 5.44. The van der Waals surface area contributed by atoms with Crippen molar-refractivity contribution < 1.29 is 33.3 Å². The van der Waals surface area contributed by atoms with Gasteiger partial charge in [-0.1, -0.05) is 19.4 Å². The fraction of sp³-hybridized carbons (Fsp3) is 0.469. The van der Waals surface area contributed by atoms with Crippen LogP contribution in [0.1, 0.15) is 67.8 Å². The van der Waals surface area contributed by atoms with Gasteiger partial charge in [0.05, 0.1) is 29.9 Å². The molecule has 0 aliphatic heterocycles. The largest absolute Gasteiger partial charge is 0.478 e. The van der Waals surface area contributed by atoms with E-state index < -0.39 is 29.1 Å². The molecule has 8 nitrogen and oxygen atoms in total. The van der Waals surface area contributed by atoms with Gasteiger partial charge in [0.1, 0.15) is 5.82 Å². The Morgan fingerprint density at radius 2 is 1.95 bits per heavy atom. The predicted molar refractivity (Wildman–Crippen MR) is 145 cm³/mol. The van der Waals surface area contributed by atoms with E-state index in [0.29, 0.717) is 12.8 Å². The number of carboxylic acid groups (broad SMARTS) is 1. The van der Waals surface area contributed by atoms with Gasteiger partial charge < -0.3 is 19.4 Å². The van der Waals surface area contributed by atoms with Gasteiger partial charge in [0.2, 0.25) is 11.4 Å². The zero-order chi connectivity index (χ0) is 28.7. The Labute approximate surface area is 236 Å². The first-order valence-electron chi connectivity index (χ1n) is 14.3. The summed E-state index contributed by atoms with van der Waals surface area (Å²) >= 11 is 0. The molecule has 4 aliphatic rings. The third-order valence-electron chi connectivity index (χ3n) is 11.0. The van der Waals surface area contributed by atoms with Gasteiger partial charge in [-0.25, -0.2) is 18.7 Å². The van der Waals surface area contributed by atoms with E-state index in [2.05, 4.69) is 18.1 Å². The molecule has 0 radical (unpaired) electrons. The van der Waals surface area contributed by atoms with Crippen LogP contribution >= 0.6 is 0 Å². The standard InChI is InChI=1S/C32H33FN2O6/c1-30-15-18-17-34-35(21-8-6-20(33)7-9-21)24(18)14-19(30)5-10-22-23-11-12-32(29(38)39,31(23,2)16-25(36)27(22)30)41-28(37)26-4-3-13-40-26/h3-4,6-9,13-14,17,22-23,25,27,36H,5,10-12,15-16H2,1-2H3,(H,38,39)/t22-,23-,25-,27+,30-,31-,32-/m0/s1. The highest BCUT2D eigenvalue weighted by Gasteiger charge is 2.71. The van der Waals surface area contributed by atoms with Crippen molar-refractivity contribution in [3.05, 3.63) is 77.3 Å². The number of carbonyl (C=O) groups excluding carboxylic acids is 1. The number of carboxylic acids is 1. The Morgan fingerprint density at radius 3 is 2.66 bits per heavy atom. The number of furan rings is 1. The van der Waals surface area contributed by atoms with Crippen molar-refractivity contribution >= 4 is 18.0 Å². The smallest absolute Gasteiger partial charge is 0.375 e. The number of aliphatic carboxylic acids is 1. The van der Waals surface area contributed by atoms with Crippen LogP contribution in [-0.2, 0) is 16.0 Å². The maximum Gasteiger partial charge on any atom is 0.375 e. The van der Waals surface area contributed by atoms with Crippen LogP contribution in [0.5, 0.6) is 0 Å². The normalized spacial score (nSPS) is 35.5. The number of hydrogen-bond acceptors (Lipinski definition) is 6. The molecule has 2 aromatic heterocycles. The lowest BCUT2D eigenvalue weighted by Gasteiger charge is -2.60. The minimum Gasteiger partial charge on any atom is -0.478 e. The van der Waals surface area contributed by atoms with E-state index in [1.165, 1.54) is 30.0 Å². The molecular formula is C32H33FN2O6. The van der Waals surface area contributed by atoms with Crippen LogP contribution in [0.4, 0.5) is 4.39 Å². The van der Waals surface area contributed by atoms with E-state index in [-0.39, 0.29) is 47.6 Å². The number of carbonyl (C=O) groups is 2. The number of fused-ring (bicyclic) bond motifs is 6. The molecule has 0 bridgehead atoms. The van der Waals surface area contributed by atoms with Crippen LogP contribution in [0.3, 0.4) is 0 Å². The van der Waals surface area contributed by atoms with Crippen LogP contribution in [0.25, 0.3) is 11.8 Å². The van der Waals surface area contributed by atoms with E-state index >= 15 is 0 Å². The first kappa shape index (κ1) is 26.2. The lowest BCUT2D eigenvalue weighted by molar-refractivity contribution is -0.195. The number of benzene rings is 1. The summed E-state index contributed by atoms with van der Waals surface area (Å²) in [5, 5.41) is 27.0. The zero-order valence-corrected chi connectivity index (χ0v) is 23.0. The molecule has 2 N–H and O–H groups in total. The van der Waals surface area contributed by atoms with Gasteiger partial charge >= 0.3 is 11.9 Å². The van der Waals surface area contributed by atoms with E-state index in [1.54, 1.807) is 18.2 Å². The number of hydrogen-bond donors (Lipinski definition) is 2. The van der Waals surface area contributed by atoms with Crippen molar-refractivity contribution in [3.63, 3.8) is 0 Å². The quantitative estimate of drug-likeness (QED) is 0.409. The molecule has 0 spiro atoms. The number of nitrogens with zero attached hydrogens (tertiary/aromatic N) is 2. The molecule has 0 unspecified atom stereocenters. The Hall–Kier alpha value is -3.72. The first-order chi connectivity index (χ1) is 19.6. The van der Waals surface area contributed by atoms with E-state index in [1.807, 2.05) is 17.8 Å². The summed E-state index contributed by atoms with van der Waals surface area (Å²) in [6.45, 7) is 4.10. The number of esters is 1. The SMILES string of the molecule is C[C@]12Cc3cnn(-c4ccc(F)cc4)c3C=C1CC[C@@H]1[C@@H]2[C@@H](O)C[C@@]2(C)[C@H]1CC[C@]2(OC(=O)c1ccco1)C(=O)O. The third-order valence-corrected chi connectivity index (χ3v) is 11.0. The van der Waals surface area contributed by atoms with E-state index in [9.17, 15) is 24.2 Å². The van der Waals surface area contributed by atoms with Crippen molar-refractivity contribution in [2.45, 2.75) is 64.1 Å². The number of rotatable bonds is 4. The van der Waals surface area contributed by atoms with Gasteiger partial charge in [0.15, 0.2) is 0 Å². The van der Waals surface area contributed by atoms with E-state index in [4.69, 9.17) is 9.15 Å². The maximum absolute atomic E-state index is 13.5. The molecule has 3 aromatic rings. The first-order valence-corrected chi connectivity index (χ1v) is 14.3. The van der Waals surface area contributed by atoms with Crippen LogP contribution in [0.15, 0.2) is 58.8 Å². The average molecular weight is 561 g/mol. The van der Waals surface area contributed by atoms with Crippen LogP contribution in [0.2, 0.25) is 0 Å². The maximum atomic E-state index is 13.5. The minimum absolute atomic E-state index is 0.0295. The molecule has 2 heterocycles. The highest BCUT2D eigenvalue weighted by Crippen LogP contribution is 2.68. The van der Waals surface area contributed by atoms with Crippen molar-refractivity contribution in [2.75, 3.05) is 0 Å². The Kier molecular flexibility index (Phi) is 5.68.